The second-order valence-electron chi connectivity index (χ2n) is 3.66. The van der Waals surface area contributed by atoms with Gasteiger partial charge in [-0.25, -0.2) is 0 Å². The molecular weight excluding hydrogens is 218 g/mol. The van der Waals surface area contributed by atoms with Crippen LogP contribution in [0.25, 0.3) is 0 Å². The summed E-state index contributed by atoms with van der Waals surface area (Å²) in [5, 5.41) is 6.54. The van der Waals surface area contributed by atoms with E-state index in [4.69, 9.17) is 4.52 Å². The van der Waals surface area contributed by atoms with Gasteiger partial charge in [-0.15, -0.1) is 0 Å². The van der Waals surface area contributed by atoms with E-state index in [1.165, 1.54) is 0 Å². The number of hydrogen-bond acceptors (Lipinski definition) is 4. The lowest BCUT2D eigenvalue weighted by Gasteiger charge is -2.02. The first-order chi connectivity index (χ1) is 8.25. The van der Waals surface area contributed by atoms with Crippen molar-refractivity contribution in [2.75, 3.05) is 6.54 Å². The van der Waals surface area contributed by atoms with Crippen LogP contribution in [0.15, 0.2) is 35.0 Å². The van der Waals surface area contributed by atoms with Gasteiger partial charge >= 0.3 is 0 Å². The van der Waals surface area contributed by atoms with Gasteiger partial charge in [0.15, 0.2) is 0 Å². The van der Waals surface area contributed by atoms with E-state index in [0.717, 1.165) is 11.5 Å². The Labute approximate surface area is 98.8 Å². The fraction of sp³-hybridized carbons (Fsp3) is 0.250. The van der Waals surface area contributed by atoms with Crippen LogP contribution in [0.1, 0.15) is 21.9 Å². The van der Waals surface area contributed by atoms with Gasteiger partial charge in [0.25, 0.3) is 5.91 Å². The molecule has 1 N–H and O–H groups in total. The van der Waals surface area contributed by atoms with Gasteiger partial charge < -0.3 is 9.84 Å². The minimum atomic E-state index is -0.179. The molecule has 2 heterocycles. The quantitative estimate of drug-likeness (QED) is 0.862. The standard InChI is InChI=1S/C12H13N3O2/c1-9-8-10(17-15-9)5-7-14-12(16)11-4-2-3-6-13-11/h2-4,6,8H,5,7H2,1H3,(H,14,16). The van der Waals surface area contributed by atoms with Crippen LogP contribution in [-0.2, 0) is 6.42 Å². The lowest BCUT2D eigenvalue weighted by atomic mass is 10.3. The van der Waals surface area contributed by atoms with Crippen LogP contribution in [0.5, 0.6) is 0 Å². The topological polar surface area (TPSA) is 68.0 Å². The zero-order valence-electron chi connectivity index (χ0n) is 9.51. The van der Waals surface area contributed by atoms with Gasteiger partial charge in [-0.2, -0.15) is 0 Å². The Bertz CT molecular complexity index is 493. The molecular formula is C12H13N3O2. The minimum Gasteiger partial charge on any atom is -0.361 e. The number of nitrogens with zero attached hydrogens (tertiary/aromatic N) is 2. The first kappa shape index (κ1) is 11.3. The number of nitrogens with one attached hydrogen (secondary N) is 1. The Hall–Kier alpha value is -2.17. The molecule has 2 aromatic rings. The van der Waals surface area contributed by atoms with Gasteiger partial charge in [-0.1, -0.05) is 11.2 Å². The zero-order chi connectivity index (χ0) is 12.1. The van der Waals surface area contributed by atoms with Crippen molar-refractivity contribution in [2.45, 2.75) is 13.3 Å². The molecule has 2 aromatic heterocycles. The minimum absolute atomic E-state index is 0.179. The smallest absolute Gasteiger partial charge is 0.269 e. The van der Waals surface area contributed by atoms with Crippen LogP contribution >= 0.6 is 0 Å². The Balaban J connectivity index is 1.81. The van der Waals surface area contributed by atoms with E-state index in [-0.39, 0.29) is 5.91 Å². The van der Waals surface area contributed by atoms with E-state index in [1.54, 1.807) is 24.4 Å². The third-order valence-electron chi connectivity index (χ3n) is 2.23. The zero-order valence-corrected chi connectivity index (χ0v) is 9.51. The van der Waals surface area contributed by atoms with Crippen molar-refractivity contribution in [1.29, 1.82) is 0 Å². The summed E-state index contributed by atoms with van der Waals surface area (Å²) in [4.78, 5) is 15.6. The summed E-state index contributed by atoms with van der Waals surface area (Å²) in [6.45, 7) is 2.36. The molecule has 1 amide bonds. The summed E-state index contributed by atoms with van der Waals surface area (Å²) >= 11 is 0. The van der Waals surface area contributed by atoms with Crippen LogP contribution in [0, 0.1) is 6.92 Å². The molecule has 0 unspecified atom stereocenters. The van der Waals surface area contributed by atoms with Gasteiger partial charge in [0, 0.05) is 25.2 Å². The number of amides is 1. The molecule has 0 fully saturated rings. The van der Waals surface area contributed by atoms with Crippen molar-refractivity contribution in [3.63, 3.8) is 0 Å². The largest absolute Gasteiger partial charge is 0.361 e. The van der Waals surface area contributed by atoms with E-state index in [0.29, 0.717) is 18.7 Å². The van der Waals surface area contributed by atoms with Crippen LogP contribution in [0.2, 0.25) is 0 Å². The second-order valence-corrected chi connectivity index (χ2v) is 3.66. The summed E-state index contributed by atoms with van der Waals surface area (Å²) in [5.41, 5.74) is 1.26. The first-order valence-electron chi connectivity index (χ1n) is 5.37. The molecule has 0 saturated heterocycles. The average molecular weight is 231 g/mol. The maximum Gasteiger partial charge on any atom is 0.269 e. The lowest BCUT2D eigenvalue weighted by Crippen LogP contribution is -2.26. The van der Waals surface area contributed by atoms with E-state index in [9.17, 15) is 4.79 Å². The van der Waals surface area contributed by atoms with E-state index in [1.807, 2.05) is 13.0 Å². The predicted molar refractivity (Wildman–Crippen MR) is 61.5 cm³/mol. The maximum absolute atomic E-state index is 11.6. The maximum atomic E-state index is 11.6. The van der Waals surface area contributed by atoms with Crippen LogP contribution in [0.4, 0.5) is 0 Å². The molecule has 5 heteroatoms. The van der Waals surface area contributed by atoms with Crippen molar-refractivity contribution >= 4 is 5.91 Å². The average Bonchev–Trinajstić information content (AvgIpc) is 2.76. The highest BCUT2D eigenvalue weighted by Gasteiger charge is 2.06. The second kappa shape index (κ2) is 5.25. The van der Waals surface area contributed by atoms with Gasteiger partial charge in [-0.3, -0.25) is 9.78 Å². The molecule has 5 nitrogen and oxygen atoms in total. The highest BCUT2D eigenvalue weighted by atomic mass is 16.5. The molecule has 0 aliphatic carbocycles. The summed E-state index contributed by atoms with van der Waals surface area (Å²) in [6, 6.07) is 7.08. The first-order valence-corrected chi connectivity index (χ1v) is 5.37. The van der Waals surface area contributed by atoms with Crippen LogP contribution in [0.3, 0.4) is 0 Å². The number of aromatic nitrogens is 2. The van der Waals surface area contributed by atoms with Crippen LogP contribution < -0.4 is 5.32 Å². The fourth-order valence-electron chi connectivity index (χ4n) is 1.42. The summed E-state index contributed by atoms with van der Waals surface area (Å²) in [5.74, 6) is 0.589. The molecule has 2 rings (SSSR count). The summed E-state index contributed by atoms with van der Waals surface area (Å²) < 4.78 is 5.03. The van der Waals surface area contributed by atoms with Gasteiger partial charge in [0.2, 0.25) is 0 Å². The summed E-state index contributed by atoms with van der Waals surface area (Å²) in [6.07, 6.45) is 2.22. The van der Waals surface area contributed by atoms with Crippen molar-refractivity contribution in [2.24, 2.45) is 0 Å². The molecule has 0 atom stereocenters. The van der Waals surface area contributed by atoms with E-state index in [2.05, 4.69) is 15.5 Å². The molecule has 0 aliphatic heterocycles. The molecule has 0 radical (unpaired) electrons. The number of carbonyl (C=O) groups excluding carboxylic acids is 1. The Kier molecular flexibility index (Phi) is 3.49. The van der Waals surface area contributed by atoms with Gasteiger partial charge in [0.1, 0.15) is 11.5 Å². The molecule has 0 aliphatic rings. The van der Waals surface area contributed by atoms with E-state index >= 15 is 0 Å². The third-order valence-corrected chi connectivity index (χ3v) is 2.23. The number of aryl methyl sites for hydroxylation is 1. The van der Waals surface area contributed by atoms with Gasteiger partial charge in [0.05, 0.1) is 5.69 Å². The monoisotopic (exact) mass is 231 g/mol. The van der Waals surface area contributed by atoms with Crippen molar-refractivity contribution in [1.82, 2.24) is 15.5 Å². The molecule has 0 spiro atoms. The molecule has 17 heavy (non-hydrogen) atoms. The molecule has 0 saturated carbocycles. The number of rotatable bonds is 4. The molecule has 0 bridgehead atoms. The number of hydrogen-bond donors (Lipinski definition) is 1. The molecule has 88 valence electrons. The lowest BCUT2D eigenvalue weighted by molar-refractivity contribution is 0.0948. The van der Waals surface area contributed by atoms with Crippen molar-refractivity contribution < 1.29 is 9.32 Å². The van der Waals surface area contributed by atoms with Gasteiger partial charge in [-0.05, 0) is 19.1 Å². The van der Waals surface area contributed by atoms with Crippen LogP contribution in [-0.4, -0.2) is 22.6 Å². The number of pyridine rings is 1. The highest BCUT2D eigenvalue weighted by molar-refractivity contribution is 5.92. The third kappa shape index (κ3) is 3.14. The summed E-state index contributed by atoms with van der Waals surface area (Å²) in [7, 11) is 0. The Morgan fingerprint density at radius 1 is 1.47 bits per heavy atom. The fourth-order valence-corrected chi connectivity index (χ4v) is 1.42. The normalized spacial score (nSPS) is 10.2. The predicted octanol–water partition coefficient (Wildman–Crippen LogP) is 1.35. The Morgan fingerprint density at radius 3 is 3.00 bits per heavy atom. The van der Waals surface area contributed by atoms with E-state index < -0.39 is 0 Å². The molecule has 0 aromatic carbocycles. The van der Waals surface area contributed by atoms with Crippen molar-refractivity contribution in [3.8, 4) is 0 Å². The Morgan fingerprint density at radius 2 is 2.35 bits per heavy atom. The number of carbonyl (C=O) groups is 1. The SMILES string of the molecule is Cc1cc(CCNC(=O)c2ccccn2)on1. The van der Waals surface area contributed by atoms with Crippen molar-refractivity contribution in [3.05, 3.63) is 47.6 Å². The highest BCUT2D eigenvalue weighted by Crippen LogP contribution is 2.02.